The van der Waals surface area contributed by atoms with Gasteiger partial charge < -0.3 is 5.32 Å². The highest BCUT2D eigenvalue weighted by Gasteiger charge is 2.04. The fraction of sp³-hybridized carbons (Fsp3) is 0.429. The van der Waals surface area contributed by atoms with Gasteiger partial charge in [-0.05, 0) is 25.3 Å². The van der Waals surface area contributed by atoms with Gasteiger partial charge in [-0.3, -0.25) is 4.68 Å². The van der Waals surface area contributed by atoms with E-state index in [4.69, 9.17) is 0 Å². The Balaban J connectivity index is 1.71. The van der Waals surface area contributed by atoms with E-state index in [0.717, 1.165) is 25.1 Å². The average Bonchev–Trinajstić information content (AvgIpc) is 2.81. The summed E-state index contributed by atoms with van der Waals surface area (Å²) in [6.45, 7) is 2.99. The maximum absolute atomic E-state index is 4.06. The van der Waals surface area contributed by atoms with Crippen molar-refractivity contribution in [3.05, 3.63) is 47.8 Å². The lowest BCUT2D eigenvalue weighted by Gasteiger charge is -2.12. The molecule has 0 spiro atoms. The first-order valence-electron chi connectivity index (χ1n) is 6.36. The molecule has 0 aliphatic carbocycles. The molecular formula is C14H20N4. The monoisotopic (exact) mass is 244 g/mol. The van der Waals surface area contributed by atoms with Gasteiger partial charge in [0.1, 0.15) is 0 Å². The molecule has 0 aliphatic heterocycles. The average molecular weight is 244 g/mol. The summed E-state index contributed by atoms with van der Waals surface area (Å²) in [6.07, 6.45) is 4.18. The zero-order chi connectivity index (χ0) is 12.8. The largest absolute Gasteiger partial charge is 0.309 e. The van der Waals surface area contributed by atoms with Gasteiger partial charge in [0.25, 0.3) is 0 Å². The minimum absolute atomic E-state index is 0.479. The van der Waals surface area contributed by atoms with Crippen molar-refractivity contribution < 1.29 is 0 Å². The van der Waals surface area contributed by atoms with Crippen molar-refractivity contribution in [1.82, 2.24) is 20.3 Å². The maximum Gasteiger partial charge on any atom is 0.0964 e. The Bertz CT molecular complexity index is 464. The Hall–Kier alpha value is -1.68. The van der Waals surface area contributed by atoms with Crippen LogP contribution in [0.15, 0.2) is 36.5 Å². The molecule has 4 nitrogen and oxygen atoms in total. The highest BCUT2D eigenvalue weighted by atomic mass is 15.4. The molecule has 0 saturated carbocycles. The molecule has 0 aliphatic rings. The van der Waals surface area contributed by atoms with E-state index in [0.29, 0.717) is 6.04 Å². The molecule has 2 aromatic rings. The number of rotatable bonds is 6. The summed E-state index contributed by atoms with van der Waals surface area (Å²) in [6, 6.07) is 11.1. The van der Waals surface area contributed by atoms with Crippen molar-refractivity contribution in [2.24, 2.45) is 7.05 Å². The van der Waals surface area contributed by atoms with Crippen LogP contribution in [0.5, 0.6) is 0 Å². The van der Waals surface area contributed by atoms with E-state index in [2.05, 4.69) is 52.9 Å². The molecule has 0 bridgehead atoms. The van der Waals surface area contributed by atoms with E-state index < -0.39 is 0 Å². The first-order chi connectivity index (χ1) is 8.74. The van der Waals surface area contributed by atoms with Gasteiger partial charge in [0.05, 0.1) is 5.69 Å². The van der Waals surface area contributed by atoms with Crippen LogP contribution in [0.1, 0.15) is 24.6 Å². The number of aromatic nitrogens is 3. The summed E-state index contributed by atoms with van der Waals surface area (Å²) in [7, 11) is 1.88. The van der Waals surface area contributed by atoms with Crippen LogP contribution in [0, 0.1) is 0 Å². The lowest BCUT2D eigenvalue weighted by Crippen LogP contribution is -2.26. The van der Waals surface area contributed by atoms with Crippen LogP contribution in [0.3, 0.4) is 0 Å². The zero-order valence-corrected chi connectivity index (χ0v) is 11.0. The Morgan fingerprint density at radius 1 is 1.28 bits per heavy atom. The third kappa shape index (κ3) is 3.96. The molecule has 1 unspecified atom stereocenters. The molecule has 1 aromatic heterocycles. The van der Waals surface area contributed by atoms with Crippen LogP contribution >= 0.6 is 0 Å². The number of hydrogen-bond acceptors (Lipinski definition) is 3. The second kappa shape index (κ2) is 6.31. The second-order valence-electron chi connectivity index (χ2n) is 4.69. The Morgan fingerprint density at radius 3 is 2.72 bits per heavy atom. The van der Waals surface area contributed by atoms with Crippen molar-refractivity contribution in [2.75, 3.05) is 0 Å². The smallest absolute Gasteiger partial charge is 0.0964 e. The van der Waals surface area contributed by atoms with Crippen molar-refractivity contribution in [2.45, 2.75) is 32.4 Å². The molecule has 1 atom stereocenters. The Morgan fingerprint density at radius 2 is 2.06 bits per heavy atom. The molecule has 2 rings (SSSR count). The van der Waals surface area contributed by atoms with E-state index in [1.54, 1.807) is 4.68 Å². The summed E-state index contributed by atoms with van der Waals surface area (Å²) in [5.41, 5.74) is 2.38. The maximum atomic E-state index is 4.06. The molecule has 1 N–H and O–H groups in total. The molecule has 18 heavy (non-hydrogen) atoms. The van der Waals surface area contributed by atoms with E-state index in [1.807, 2.05) is 13.2 Å². The summed E-state index contributed by atoms with van der Waals surface area (Å²) >= 11 is 0. The summed E-state index contributed by atoms with van der Waals surface area (Å²) < 4.78 is 1.73. The molecule has 4 heteroatoms. The molecular weight excluding hydrogens is 224 g/mol. The zero-order valence-electron chi connectivity index (χ0n) is 11.0. The number of aryl methyl sites for hydroxylation is 2. The fourth-order valence-electron chi connectivity index (χ4n) is 1.89. The highest BCUT2D eigenvalue weighted by Crippen LogP contribution is 2.05. The Kier molecular flexibility index (Phi) is 4.47. The quantitative estimate of drug-likeness (QED) is 0.844. The second-order valence-corrected chi connectivity index (χ2v) is 4.69. The number of benzene rings is 1. The van der Waals surface area contributed by atoms with E-state index in [9.17, 15) is 0 Å². The van der Waals surface area contributed by atoms with Crippen LogP contribution in [0.25, 0.3) is 0 Å². The summed E-state index contributed by atoms with van der Waals surface area (Å²) in [4.78, 5) is 0. The van der Waals surface area contributed by atoms with E-state index in [1.165, 1.54) is 5.56 Å². The van der Waals surface area contributed by atoms with Gasteiger partial charge >= 0.3 is 0 Å². The van der Waals surface area contributed by atoms with Crippen LogP contribution < -0.4 is 5.32 Å². The van der Waals surface area contributed by atoms with Gasteiger partial charge in [-0.2, -0.15) is 0 Å². The topological polar surface area (TPSA) is 42.7 Å². The van der Waals surface area contributed by atoms with Crippen molar-refractivity contribution in [3.63, 3.8) is 0 Å². The molecule has 1 aromatic carbocycles. The number of nitrogens with zero attached hydrogens (tertiary/aromatic N) is 3. The van der Waals surface area contributed by atoms with Gasteiger partial charge in [0.2, 0.25) is 0 Å². The van der Waals surface area contributed by atoms with Gasteiger partial charge in [-0.25, -0.2) is 0 Å². The van der Waals surface area contributed by atoms with Crippen molar-refractivity contribution in [1.29, 1.82) is 0 Å². The van der Waals surface area contributed by atoms with Crippen LogP contribution in [-0.4, -0.2) is 21.0 Å². The third-order valence-electron chi connectivity index (χ3n) is 2.99. The minimum Gasteiger partial charge on any atom is -0.309 e. The molecule has 0 fully saturated rings. The SMILES string of the molecule is CC(CCc1ccccc1)NCc1cn(C)nn1. The first-order valence-corrected chi connectivity index (χ1v) is 6.36. The summed E-state index contributed by atoms with van der Waals surface area (Å²) in [5.74, 6) is 0. The van der Waals surface area contributed by atoms with Gasteiger partial charge in [-0.15, -0.1) is 5.10 Å². The normalized spacial score (nSPS) is 12.6. The van der Waals surface area contributed by atoms with Crippen molar-refractivity contribution in [3.8, 4) is 0 Å². The van der Waals surface area contributed by atoms with E-state index >= 15 is 0 Å². The third-order valence-corrected chi connectivity index (χ3v) is 2.99. The predicted octanol–water partition coefficient (Wildman–Crippen LogP) is 1.93. The highest BCUT2D eigenvalue weighted by molar-refractivity contribution is 5.14. The first kappa shape index (κ1) is 12.8. The van der Waals surface area contributed by atoms with Crippen LogP contribution in [-0.2, 0) is 20.0 Å². The van der Waals surface area contributed by atoms with Crippen LogP contribution in [0.4, 0.5) is 0 Å². The lowest BCUT2D eigenvalue weighted by atomic mass is 10.1. The van der Waals surface area contributed by atoms with Crippen LogP contribution in [0.2, 0.25) is 0 Å². The number of hydrogen-bond donors (Lipinski definition) is 1. The molecule has 96 valence electrons. The van der Waals surface area contributed by atoms with E-state index in [-0.39, 0.29) is 0 Å². The standard InChI is InChI=1S/C14H20N4/c1-12(8-9-13-6-4-3-5-7-13)15-10-14-11-18(2)17-16-14/h3-7,11-12,15H,8-10H2,1-2H3. The van der Waals surface area contributed by atoms with Gasteiger partial charge in [-0.1, -0.05) is 35.5 Å². The molecule has 0 amide bonds. The Labute approximate surface area is 108 Å². The summed E-state index contributed by atoms with van der Waals surface area (Å²) in [5, 5.41) is 11.4. The molecule has 0 saturated heterocycles. The molecule has 1 heterocycles. The fourth-order valence-corrected chi connectivity index (χ4v) is 1.89. The van der Waals surface area contributed by atoms with Crippen molar-refractivity contribution >= 4 is 0 Å². The lowest BCUT2D eigenvalue weighted by molar-refractivity contribution is 0.509. The molecule has 0 radical (unpaired) electrons. The van der Waals surface area contributed by atoms with Gasteiger partial charge in [0.15, 0.2) is 0 Å². The number of nitrogens with one attached hydrogen (secondary N) is 1. The predicted molar refractivity (Wildman–Crippen MR) is 72.1 cm³/mol. The van der Waals surface area contributed by atoms with Gasteiger partial charge in [0, 0.05) is 25.8 Å². The minimum atomic E-state index is 0.479.